The van der Waals surface area contributed by atoms with Gasteiger partial charge in [0.05, 0.1) is 7.89 Å². The number of aliphatic carboxylic acids is 1. The average Bonchev–Trinajstić information content (AvgIpc) is 2.92. The fraction of sp³-hybridized carbons (Fsp3) is 0.290. The maximum atomic E-state index is 14.6. The minimum atomic E-state index is -1.15. The monoisotopic (exact) mass is 501 g/mol. The molecule has 1 aliphatic rings. The topological polar surface area (TPSA) is 60.9 Å². The smallest absolute Gasteiger partial charge is 0.328 e. The van der Waals surface area contributed by atoms with Crippen LogP contribution in [0.3, 0.4) is 0 Å². The molecule has 0 bridgehead atoms. The number of nitrogens with zero attached hydrogens (tertiary/aromatic N) is 2. The number of amides is 1. The molecule has 1 N–H and O–H groups in total. The number of carboxylic acids is 1. The van der Waals surface area contributed by atoms with E-state index in [1.165, 1.54) is 23.1 Å². The van der Waals surface area contributed by atoms with Crippen molar-refractivity contribution in [2.75, 3.05) is 23.9 Å². The van der Waals surface area contributed by atoms with Crippen LogP contribution in [0.5, 0.6) is 0 Å². The molecule has 37 heavy (non-hydrogen) atoms. The summed E-state index contributed by atoms with van der Waals surface area (Å²) in [7, 11) is 3.98. The highest BCUT2D eigenvalue weighted by atomic mass is 19.1. The van der Waals surface area contributed by atoms with Crippen molar-refractivity contribution in [1.29, 1.82) is 0 Å². The van der Waals surface area contributed by atoms with Gasteiger partial charge in [-0.25, -0.2) is 9.18 Å². The van der Waals surface area contributed by atoms with E-state index in [0.29, 0.717) is 11.1 Å². The average molecular weight is 502 g/mol. The molecule has 0 heterocycles. The number of anilines is 2. The van der Waals surface area contributed by atoms with E-state index < -0.39 is 18.3 Å². The van der Waals surface area contributed by atoms with E-state index in [0.717, 1.165) is 55.0 Å². The summed E-state index contributed by atoms with van der Waals surface area (Å²) in [4.78, 5) is 28.1. The summed E-state index contributed by atoms with van der Waals surface area (Å²) in [5.74, 6) is -2.18. The van der Waals surface area contributed by atoms with Gasteiger partial charge >= 0.3 is 5.97 Å². The van der Waals surface area contributed by atoms with Crippen molar-refractivity contribution in [3.8, 4) is 11.1 Å². The molecule has 3 aromatic rings. The molecule has 0 spiro atoms. The van der Waals surface area contributed by atoms with Gasteiger partial charge in [-0.15, -0.1) is 0 Å². The first-order valence-corrected chi connectivity index (χ1v) is 12.6. The number of halogens is 1. The Kier molecular flexibility index (Phi) is 7.94. The van der Waals surface area contributed by atoms with Gasteiger partial charge in [0.2, 0.25) is 5.91 Å². The van der Waals surface area contributed by atoms with Crippen molar-refractivity contribution in [3.05, 3.63) is 89.8 Å². The molecule has 6 heteroatoms. The lowest BCUT2D eigenvalue weighted by Gasteiger charge is -2.30. The Bertz CT molecular complexity index is 1300. The molecule has 0 aromatic heterocycles. The van der Waals surface area contributed by atoms with E-state index >= 15 is 0 Å². The molecule has 1 saturated carbocycles. The molecule has 3 aromatic carbocycles. The van der Waals surface area contributed by atoms with Gasteiger partial charge in [-0.1, -0.05) is 55.7 Å². The van der Waals surface area contributed by atoms with Crippen molar-refractivity contribution in [3.63, 3.8) is 0 Å². The molecule has 192 valence electrons. The van der Waals surface area contributed by atoms with Crippen LogP contribution in [-0.2, 0) is 16.1 Å². The van der Waals surface area contributed by atoms with Gasteiger partial charge in [0.15, 0.2) is 0 Å². The summed E-state index contributed by atoms with van der Waals surface area (Å²) < 4.78 is 23.7. The molecule has 0 aliphatic heterocycles. The molecular formula is C31H33FN2O3. The fourth-order valence-corrected chi connectivity index (χ4v) is 4.67. The summed E-state index contributed by atoms with van der Waals surface area (Å²) in [6.45, 7) is -1.09. The molecule has 1 amide bonds. The number of rotatable bonds is 8. The second-order valence-electron chi connectivity index (χ2n) is 9.65. The maximum Gasteiger partial charge on any atom is 0.328 e. The molecule has 5 nitrogen and oxygen atoms in total. The zero-order chi connectivity index (χ0) is 27.2. The van der Waals surface area contributed by atoms with Gasteiger partial charge in [0.25, 0.3) is 0 Å². The van der Waals surface area contributed by atoms with Crippen LogP contribution in [0, 0.1) is 11.7 Å². The van der Waals surface area contributed by atoms with E-state index in [2.05, 4.69) is 0 Å². The van der Waals surface area contributed by atoms with E-state index in [1.807, 2.05) is 67.5 Å². The summed E-state index contributed by atoms with van der Waals surface area (Å²) in [6.07, 6.45) is 6.67. The van der Waals surface area contributed by atoms with E-state index in [-0.39, 0.29) is 17.5 Å². The minimum Gasteiger partial charge on any atom is -0.478 e. The quantitative estimate of drug-likeness (QED) is 0.346. The van der Waals surface area contributed by atoms with Crippen LogP contribution in [0.4, 0.5) is 15.8 Å². The Morgan fingerprint density at radius 3 is 2.16 bits per heavy atom. The third-order valence-electron chi connectivity index (χ3n) is 6.70. The van der Waals surface area contributed by atoms with Crippen LogP contribution in [0.1, 0.15) is 44.6 Å². The molecule has 0 saturated heterocycles. The van der Waals surface area contributed by atoms with Crippen LogP contribution < -0.4 is 9.80 Å². The highest BCUT2D eigenvalue weighted by Gasteiger charge is 2.27. The maximum absolute atomic E-state index is 14.6. The van der Waals surface area contributed by atoms with Gasteiger partial charge in [-0.3, -0.25) is 4.79 Å². The Morgan fingerprint density at radius 2 is 1.57 bits per heavy atom. The van der Waals surface area contributed by atoms with Gasteiger partial charge < -0.3 is 14.9 Å². The molecule has 4 rings (SSSR count). The van der Waals surface area contributed by atoms with Crippen LogP contribution >= 0.6 is 0 Å². The van der Waals surface area contributed by atoms with E-state index in [4.69, 9.17) is 6.48 Å². The van der Waals surface area contributed by atoms with Gasteiger partial charge in [0.1, 0.15) is 5.82 Å². The summed E-state index contributed by atoms with van der Waals surface area (Å²) in [6, 6.07) is 19.7. The van der Waals surface area contributed by atoms with Gasteiger partial charge in [-0.05, 0) is 71.5 Å². The summed E-state index contributed by atoms with van der Waals surface area (Å²) in [5.41, 5.74) is 4.29. The minimum absolute atomic E-state index is 0.202. The lowest BCUT2D eigenvalue weighted by atomic mass is 9.88. The van der Waals surface area contributed by atoms with Gasteiger partial charge in [-0.2, -0.15) is 0 Å². The van der Waals surface area contributed by atoms with Crippen molar-refractivity contribution in [2.24, 2.45) is 5.92 Å². The number of hydrogen-bond acceptors (Lipinski definition) is 3. The SMILES string of the molecule is [2H]C(c1ccc(-c2ccc(N(C)C)cc2)cc1)N(C(=O)C1CCCCC1)c1cc(F)cc(/C=C/C(=O)O)c1. The molecular weight excluding hydrogens is 467 g/mol. The Labute approximate surface area is 219 Å². The Hall–Kier alpha value is -3.93. The lowest BCUT2D eigenvalue weighted by molar-refractivity contribution is -0.131. The lowest BCUT2D eigenvalue weighted by Crippen LogP contribution is -2.36. The van der Waals surface area contributed by atoms with E-state index in [9.17, 15) is 14.0 Å². The van der Waals surface area contributed by atoms with Crippen LogP contribution in [0.2, 0.25) is 0 Å². The Morgan fingerprint density at radius 1 is 0.946 bits per heavy atom. The summed E-state index contributed by atoms with van der Waals surface area (Å²) >= 11 is 0. The third-order valence-corrected chi connectivity index (χ3v) is 6.70. The van der Waals surface area contributed by atoms with Crippen molar-refractivity contribution in [1.82, 2.24) is 0 Å². The first kappa shape index (κ1) is 24.8. The standard InChI is InChI=1S/C31H33FN2O3/c1-33(2)28-15-13-25(14-16-28)24-11-8-22(9-12-24)21-34(31(37)26-6-4-3-5-7-26)29-19-23(10-17-30(35)36)18-27(32)20-29/h8-20,26H,3-7,21H2,1-2H3,(H,35,36)/b17-10+/i21D. The van der Waals surface area contributed by atoms with E-state index in [1.54, 1.807) is 6.07 Å². The van der Waals surface area contributed by atoms with Crippen LogP contribution in [0.25, 0.3) is 17.2 Å². The highest BCUT2D eigenvalue weighted by Crippen LogP contribution is 2.30. The van der Waals surface area contributed by atoms with Crippen LogP contribution in [0.15, 0.2) is 72.8 Å². The fourth-order valence-electron chi connectivity index (χ4n) is 4.67. The van der Waals surface area contributed by atoms with Crippen LogP contribution in [-0.4, -0.2) is 31.1 Å². The van der Waals surface area contributed by atoms with Crippen molar-refractivity contribution >= 4 is 29.3 Å². The predicted octanol–water partition coefficient (Wildman–Crippen LogP) is 6.77. The number of hydrogen-bond donors (Lipinski definition) is 1. The number of benzene rings is 3. The largest absolute Gasteiger partial charge is 0.478 e. The van der Waals surface area contributed by atoms with Crippen molar-refractivity contribution in [2.45, 2.75) is 38.6 Å². The Balaban J connectivity index is 1.67. The number of carbonyl (C=O) groups excluding carboxylic acids is 1. The van der Waals surface area contributed by atoms with Gasteiger partial charge in [0, 0.05) is 37.5 Å². The third kappa shape index (κ3) is 6.85. The second kappa shape index (κ2) is 11.9. The second-order valence-corrected chi connectivity index (χ2v) is 9.65. The molecule has 1 unspecified atom stereocenters. The zero-order valence-electron chi connectivity index (χ0n) is 22.2. The number of carboxylic acid groups (broad SMARTS) is 1. The predicted molar refractivity (Wildman–Crippen MR) is 147 cm³/mol. The normalized spacial score (nSPS) is 15.3. The number of carbonyl (C=O) groups is 2. The van der Waals surface area contributed by atoms with Crippen molar-refractivity contribution < 1.29 is 20.5 Å². The zero-order valence-corrected chi connectivity index (χ0v) is 21.2. The molecule has 1 atom stereocenters. The molecule has 1 fully saturated rings. The molecule has 1 aliphatic carbocycles. The molecule has 0 radical (unpaired) electrons. The first-order valence-electron chi connectivity index (χ1n) is 13.2. The summed E-state index contributed by atoms with van der Waals surface area (Å²) in [5, 5.41) is 8.98. The highest BCUT2D eigenvalue weighted by molar-refractivity contribution is 5.95. The first-order chi connectivity index (χ1) is 18.2.